The van der Waals surface area contributed by atoms with E-state index in [1.807, 2.05) is 0 Å². The fourth-order valence-corrected chi connectivity index (χ4v) is 0.402. The predicted molar refractivity (Wildman–Crippen MR) is 32.8 cm³/mol. The number of hydrogen-bond donors (Lipinski definition) is 1. The first-order valence-corrected chi connectivity index (χ1v) is 3.73. The quantitative estimate of drug-likeness (QED) is 0.535. The van der Waals surface area contributed by atoms with Crippen molar-refractivity contribution < 1.29 is 8.42 Å². The van der Waals surface area contributed by atoms with Crippen molar-refractivity contribution in [1.82, 2.24) is 0 Å². The molecule has 0 saturated carbocycles. The average molecular weight is 135 g/mol. The van der Waals surface area contributed by atoms with Gasteiger partial charge in [0.05, 0.1) is 5.25 Å². The summed E-state index contributed by atoms with van der Waals surface area (Å²) in [6, 6.07) is 0. The lowest BCUT2D eigenvalue weighted by Crippen LogP contribution is -2.23. The zero-order valence-corrected chi connectivity index (χ0v) is 5.48. The number of primary sulfonamides is 1. The molecule has 1 unspecified atom stereocenters. The van der Waals surface area contributed by atoms with Gasteiger partial charge in [-0.1, -0.05) is 6.08 Å². The smallest absolute Gasteiger partial charge is 0.215 e. The van der Waals surface area contributed by atoms with Crippen LogP contribution in [0.5, 0.6) is 0 Å². The lowest BCUT2D eigenvalue weighted by Gasteiger charge is -1.98. The fraction of sp³-hybridized carbons (Fsp3) is 0.500. The molecule has 8 heavy (non-hydrogen) atoms. The third-order valence-corrected chi connectivity index (χ3v) is 2.08. The molecule has 1 atom stereocenters. The van der Waals surface area contributed by atoms with E-state index in [0.717, 1.165) is 0 Å². The molecule has 0 rings (SSSR count). The molecule has 0 aliphatic carbocycles. The van der Waals surface area contributed by atoms with Crippen molar-refractivity contribution in [2.24, 2.45) is 5.14 Å². The number of sulfonamides is 1. The van der Waals surface area contributed by atoms with Gasteiger partial charge in [-0.05, 0) is 6.92 Å². The second-order valence-electron chi connectivity index (χ2n) is 1.53. The Kier molecular flexibility index (Phi) is 2.18. The summed E-state index contributed by atoms with van der Waals surface area (Å²) in [4.78, 5) is 0. The van der Waals surface area contributed by atoms with Crippen molar-refractivity contribution in [3.63, 3.8) is 0 Å². The summed E-state index contributed by atoms with van der Waals surface area (Å²) in [5.41, 5.74) is 0. The molecular formula is C4H9NO2S. The second kappa shape index (κ2) is 2.28. The van der Waals surface area contributed by atoms with Gasteiger partial charge in [-0.3, -0.25) is 0 Å². The molecule has 0 heterocycles. The molecule has 0 amide bonds. The molecule has 0 aromatic carbocycles. The van der Waals surface area contributed by atoms with Crippen LogP contribution in [-0.4, -0.2) is 13.7 Å². The Bertz CT molecular complexity index is 170. The number of nitrogens with two attached hydrogens (primary N) is 1. The van der Waals surface area contributed by atoms with E-state index >= 15 is 0 Å². The third kappa shape index (κ3) is 2.09. The highest BCUT2D eigenvalue weighted by Crippen LogP contribution is 1.92. The highest BCUT2D eigenvalue weighted by molar-refractivity contribution is 7.89. The Hall–Kier alpha value is -0.350. The maximum Gasteiger partial charge on any atom is 0.215 e. The Labute approximate surface area is 49.2 Å². The highest BCUT2D eigenvalue weighted by Gasteiger charge is 2.08. The van der Waals surface area contributed by atoms with E-state index in [9.17, 15) is 8.42 Å². The minimum Gasteiger partial charge on any atom is -0.228 e. The van der Waals surface area contributed by atoms with E-state index in [-0.39, 0.29) is 0 Å². The fourth-order valence-electron chi connectivity index (χ4n) is 0.134. The van der Waals surface area contributed by atoms with Crippen molar-refractivity contribution in [2.45, 2.75) is 12.2 Å². The van der Waals surface area contributed by atoms with E-state index in [1.165, 1.54) is 13.0 Å². The summed E-state index contributed by atoms with van der Waals surface area (Å²) >= 11 is 0. The minimum absolute atomic E-state index is 0.637. The zero-order chi connectivity index (χ0) is 6.78. The molecular weight excluding hydrogens is 126 g/mol. The van der Waals surface area contributed by atoms with Crippen LogP contribution >= 0.6 is 0 Å². The van der Waals surface area contributed by atoms with Crippen molar-refractivity contribution >= 4 is 10.0 Å². The topological polar surface area (TPSA) is 60.2 Å². The van der Waals surface area contributed by atoms with Crippen molar-refractivity contribution in [3.8, 4) is 0 Å². The monoisotopic (exact) mass is 135 g/mol. The molecule has 2 N–H and O–H groups in total. The normalized spacial score (nSPS) is 15.2. The molecule has 0 radical (unpaired) electrons. The molecule has 0 saturated heterocycles. The predicted octanol–water partition coefficient (Wildman–Crippen LogP) is -0.151. The molecule has 0 aromatic rings. The molecule has 0 spiro atoms. The largest absolute Gasteiger partial charge is 0.228 e. The molecule has 0 aliphatic rings. The van der Waals surface area contributed by atoms with Gasteiger partial charge in [-0.25, -0.2) is 13.6 Å². The maximum atomic E-state index is 10.3. The summed E-state index contributed by atoms with van der Waals surface area (Å²) in [5.74, 6) is 0. The number of rotatable bonds is 2. The third-order valence-electron chi connectivity index (χ3n) is 0.850. The number of hydrogen-bond acceptors (Lipinski definition) is 2. The van der Waals surface area contributed by atoms with Crippen LogP contribution < -0.4 is 5.14 Å². The molecule has 0 aromatic heterocycles. The van der Waals surface area contributed by atoms with E-state index in [1.54, 1.807) is 0 Å². The van der Waals surface area contributed by atoms with Gasteiger partial charge in [0, 0.05) is 0 Å². The second-order valence-corrected chi connectivity index (χ2v) is 3.45. The molecule has 3 nitrogen and oxygen atoms in total. The van der Waals surface area contributed by atoms with Crippen LogP contribution in [-0.2, 0) is 10.0 Å². The Morgan fingerprint density at radius 2 is 2.12 bits per heavy atom. The maximum absolute atomic E-state index is 10.3. The Morgan fingerprint density at radius 3 is 2.12 bits per heavy atom. The zero-order valence-electron chi connectivity index (χ0n) is 4.66. The van der Waals surface area contributed by atoms with Crippen molar-refractivity contribution in [1.29, 1.82) is 0 Å². The van der Waals surface area contributed by atoms with Gasteiger partial charge in [0.25, 0.3) is 0 Å². The molecule has 48 valence electrons. The molecule has 0 aliphatic heterocycles. The molecule has 4 heteroatoms. The SMILES string of the molecule is C=CC(C)S(N)(=O)=O. The molecule has 0 fully saturated rings. The summed E-state index contributed by atoms with van der Waals surface area (Å²) < 4.78 is 20.5. The van der Waals surface area contributed by atoms with Crippen LogP contribution in [0.25, 0.3) is 0 Å². The van der Waals surface area contributed by atoms with Gasteiger partial charge in [0.1, 0.15) is 0 Å². The van der Waals surface area contributed by atoms with Crippen molar-refractivity contribution in [2.75, 3.05) is 0 Å². The minimum atomic E-state index is -3.37. The lowest BCUT2D eigenvalue weighted by molar-refractivity contribution is 0.593. The van der Waals surface area contributed by atoms with Gasteiger partial charge in [0.2, 0.25) is 10.0 Å². The Balaban J connectivity index is 4.26. The standard InChI is InChI=1S/C4H9NO2S/c1-3-4(2)8(5,6)7/h3-4H,1H2,2H3,(H2,5,6,7). The van der Waals surface area contributed by atoms with Crippen LogP contribution in [0.15, 0.2) is 12.7 Å². The van der Waals surface area contributed by atoms with Gasteiger partial charge < -0.3 is 0 Å². The van der Waals surface area contributed by atoms with Crippen molar-refractivity contribution in [3.05, 3.63) is 12.7 Å². The molecule has 0 bridgehead atoms. The summed E-state index contributed by atoms with van der Waals surface area (Å²) in [7, 11) is -3.37. The van der Waals surface area contributed by atoms with Crippen LogP contribution in [0.2, 0.25) is 0 Å². The van der Waals surface area contributed by atoms with Crippen LogP contribution in [0.4, 0.5) is 0 Å². The van der Waals surface area contributed by atoms with Gasteiger partial charge >= 0.3 is 0 Å². The van der Waals surface area contributed by atoms with E-state index < -0.39 is 15.3 Å². The van der Waals surface area contributed by atoms with Crippen LogP contribution in [0.1, 0.15) is 6.92 Å². The summed E-state index contributed by atoms with van der Waals surface area (Å²) in [6.07, 6.45) is 1.29. The van der Waals surface area contributed by atoms with Crippen LogP contribution in [0.3, 0.4) is 0 Å². The highest BCUT2D eigenvalue weighted by atomic mass is 32.2. The first-order valence-electron chi connectivity index (χ1n) is 2.12. The van der Waals surface area contributed by atoms with Gasteiger partial charge in [0.15, 0.2) is 0 Å². The first-order chi connectivity index (χ1) is 3.48. The van der Waals surface area contributed by atoms with Gasteiger partial charge in [-0.2, -0.15) is 0 Å². The first kappa shape index (κ1) is 7.65. The summed E-state index contributed by atoms with van der Waals surface area (Å²) in [6.45, 7) is 4.74. The Morgan fingerprint density at radius 1 is 1.75 bits per heavy atom. The van der Waals surface area contributed by atoms with E-state index in [0.29, 0.717) is 0 Å². The van der Waals surface area contributed by atoms with E-state index in [4.69, 9.17) is 5.14 Å². The average Bonchev–Trinajstić information content (AvgIpc) is 1.62. The van der Waals surface area contributed by atoms with E-state index in [2.05, 4.69) is 6.58 Å². The lowest BCUT2D eigenvalue weighted by atomic mass is 10.5. The summed E-state index contributed by atoms with van der Waals surface area (Å²) in [5, 5.41) is 4.05. The van der Waals surface area contributed by atoms with Crippen LogP contribution in [0, 0.1) is 0 Å². The van der Waals surface area contributed by atoms with Gasteiger partial charge in [-0.15, -0.1) is 6.58 Å².